The smallest absolute Gasteiger partial charge is 0.303 e. The average Bonchev–Trinajstić information content (AvgIpc) is 2.83. The third-order valence-corrected chi connectivity index (χ3v) is 5.52. The molecule has 0 aliphatic rings. The van der Waals surface area contributed by atoms with E-state index in [4.69, 9.17) is 9.84 Å². The van der Waals surface area contributed by atoms with Gasteiger partial charge in [0.05, 0.1) is 12.7 Å². The SMILES string of the molecule is O=C(O)CCc1ccccc1OCCC(=O)CCc1cccc(C(O)Cc2ccccc2)c1. The van der Waals surface area contributed by atoms with Crippen LogP contribution < -0.4 is 4.74 Å². The number of carbonyl (C=O) groups is 2. The fourth-order valence-corrected chi connectivity index (χ4v) is 3.69. The lowest BCUT2D eigenvalue weighted by Gasteiger charge is -2.13. The molecule has 3 aromatic rings. The van der Waals surface area contributed by atoms with Crippen LogP contribution in [0, 0.1) is 0 Å². The summed E-state index contributed by atoms with van der Waals surface area (Å²) >= 11 is 0. The van der Waals surface area contributed by atoms with Crippen molar-refractivity contribution < 1.29 is 24.5 Å². The molecule has 0 amide bonds. The van der Waals surface area contributed by atoms with Gasteiger partial charge in [0.1, 0.15) is 11.5 Å². The van der Waals surface area contributed by atoms with Gasteiger partial charge in [-0.2, -0.15) is 0 Å². The summed E-state index contributed by atoms with van der Waals surface area (Å²) in [5.74, 6) is -0.114. The minimum absolute atomic E-state index is 0.0401. The lowest BCUT2D eigenvalue weighted by molar-refractivity contribution is -0.137. The minimum Gasteiger partial charge on any atom is -0.493 e. The molecule has 0 radical (unpaired) electrons. The van der Waals surface area contributed by atoms with Crippen LogP contribution in [0.25, 0.3) is 0 Å². The Balaban J connectivity index is 1.45. The Labute approximate surface area is 194 Å². The number of hydrogen-bond donors (Lipinski definition) is 2. The number of carbonyl (C=O) groups excluding carboxylic acids is 1. The third-order valence-electron chi connectivity index (χ3n) is 5.52. The molecule has 1 atom stereocenters. The molecule has 0 fully saturated rings. The molecule has 172 valence electrons. The summed E-state index contributed by atoms with van der Waals surface area (Å²) in [5.41, 5.74) is 3.78. The van der Waals surface area contributed by atoms with Crippen LogP contribution in [0.4, 0.5) is 0 Å². The predicted octanol–water partition coefficient (Wildman–Crippen LogP) is 4.95. The van der Waals surface area contributed by atoms with Crippen LogP contribution in [-0.2, 0) is 28.9 Å². The van der Waals surface area contributed by atoms with Crippen LogP contribution in [0.3, 0.4) is 0 Å². The number of para-hydroxylation sites is 1. The molecule has 0 saturated heterocycles. The van der Waals surface area contributed by atoms with E-state index in [1.165, 1.54) is 0 Å². The first-order valence-corrected chi connectivity index (χ1v) is 11.3. The van der Waals surface area contributed by atoms with Crippen molar-refractivity contribution in [3.05, 3.63) is 101 Å². The second-order valence-electron chi connectivity index (χ2n) is 8.09. The number of ether oxygens (including phenoxy) is 1. The van der Waals surface area contributed by atoms with Crippen LogP contribution in [0.5, 0.6) is 5.75 Å². The Hall–Kier alpha value is -3.44. The number of carboxylic acid groups (broad SMARTS) is 1. The van der Waals surface area contributed by atoms with Gasteiger partial charge in [0, 0.05) is 25.7 Å². The largest absolute Gasteiger partial charge is 0.493 e. The molecule has 3 aromatic carbocycles. The first-order valence-electron chi connectivity index (χ1n) is 11.3. The highest BCUT2D eigenvalue weighted by atomic mass is 16.5. The Kier molecular flexibility index (Phi) is 9.21. The second kappa shape index (κ2) is 12.6. The van der Waals surface area contributed by atoms with Crippen LogP contribution in [0.1, 0.15) is 47.6 Å². The van der Waals surface area contributed by atoms with Gasteiger partial charge < -0.3 is 14.9 Å². The van der Waals surface area contributed by atoms with Crippen LogP contribution in [0.15, 0.2) is 78.9 Å². The van der Waals surface area contributed by atoms with Crippen molar-refractivity contribution in [3.8, 4) is 5.75 Å². The van der Waals surface area contributed by atoms with E-state index in [0.29, 0.717) is 37.9 Å². The molecule has 1 unspecified atom stereocenters. The van der Waals surface area contributed by atoms with E-state index in [1.807, 2.05) is 72.8 Å². The highest BCUT2D eigenvalue weighted by Gasteiger charge is 2.11. The van der Waals surface area contributed by atoms with Gasteiger partial charge in [-0.3, -0.25) is 9.59 Å². The third kappa shape index (κ3) is 8.20. The zero-order valence-electron chi connectivity index (χ0n) is 18.7. The molecule has 3 rings (SSSR count). The first kappa shape index (κ1) is 24.2. The zero-order valence-corrected chi connectivity index (χ0v) is 18.7. The van der Waals surface area contributed by atoms with E-state index >= 15 is 0 Å². The highest BCUT2D eigenvalue weighted by molar-refractivity contribution is 5.78. The molecule has 2 N–H and O–H groups in total. The zero-order chi connectivity index (χ0) is 23.5. The molecule has 0 aromatic heterocycles. The van der Waals surface area contributed by atoms with Crippen molar-refractivity contribution in [3.63, 3.8) is 0 Å². The fraction of sp³-hybridized carbons (Fsp3) is 0.286. The van der Waals surface area contributed by atoms with Gasteiger partial charge in [-0.05, 0) is 41.2 Å². The van der Waals surface area contributed by atoms with Gasteiger partial charge in [0.2, 0.25) is 0 Å². The first-order chi connectivity index (χ1) is 16.0. The molecule has 5 heteroatoms. The van der Waals surface area contributed by atoms with Crippen molar-refractivity contribution >= 4 is 11.8 Å². The maximum Gasteiger partial charge on any atom is 0.303 e. The summed E-state index contributed by atoms with van der Waals surface area (Å²) in [7, 11) is 0. The summed E-state index contributed by atoms with van der Waals surface area (Å²) < 4.78 is 5.75. The maximum atomic E-state index is 12.4. The second-order valence-corrected chi connectivity index (χ2v) is 8.09. The molecule has 0 aliphatic carbocycles. The summed E-state index contributed by atoms with van der Waals surface area (Å²) in [5, 5.41) is 19.5. The average molecular weight is 447 g/mol. The van der Waals surface area contributed by atoms with E-state index < -0.39 is 12.1 Å². The maximum absolute atomic E-state index is 12.4. The lowest BCUT2D eigenvalue weighted by atomic mass is 9.98. The van der Waals surface area contributed by atoms with Crippen molar-refractivity contribution in [2.24, 2.45) is 0 Å². The van der Waals surface area contributed by atoms with E-state index in [9.17, 15) is 14.7 Å². The van der Waals surface area contributed by atoms with Gasteiger partial charge in [0.15, 0.2) is 0 Å². The monoisotopic (exact) mass is 446 g/mol. The number of benzene rings is 3. The molecule has 33 heavy (non-hydrogen) atoms. The Morgan fingerprint density at radius 2 is 1.52 bits per heavy atom. The lowest BCUT2D eigenvalue weighted by Crippen LogP contribution is -2.09. The topological polar surface area (TPSA) is 83.8 Å². The summed E-state index contributed by atoms with van der Waals surface area (Å²) in [6.07, 6.45) is 1.71. The van der Waals surface area contributed by atoms with Crippen LogP contribution in [0.2, 0.25) is 0 Å². The van der Waals surface area contributed by atoms with E-state index in [-0.39, 0.29) is 18.8 Å². The standard InChI is InChI=1S/C28H30O5/c29-25(17-18-33-27-12-5-4-10-23(27)14-16-28(31)32)15-13-22-9-6-11-24(19-22)26(30)20-21-7-2-1-3-8-21/h1-12,19,26,30H,13-18,20H2,(H,31,32). The van der Waals surface area contributed by atoms with Gasteiger partial charge in [-0.25, -0.2) is 0 Å². The van der Waals surface area contributed by atoms with Gasteiger partial charge >= 0.3 is 5.97 Å². The molecule has 0 bridgehead atoms. The van der Waals surface area contributed by atoms with E-state index in [2.05, 4.69) is 0 Å². The number of ketones is 1. The molecule has 5 nitrogen and oxygen atoms in total. The summed E-state index contributed by atoms with van der Waals surface area (Å²) in [4.78, 5) is 23.2. The van der Waals surface area contributed by atoms with Gasteiger partial charge in [-0.1, -0.05) is 72.8 Å². The van der Waals surface area contributed by atoms with Crippen molar-refractivity contribution in [2.75, 3.05) is 6.61 Å². The number of Topliss-reactive ketones (excluding diaryl/α,β-unsaturated/α-hetero) is 1. The number of rotatable bonds is 13. The van der Waals surface area contributed by atoms with Gasteiger partial charge in [-0.15, -0.1) is 0 Å². The summed E-state index contributed by atoms with van der Waals surface area (Å²) in [6.45, 7) is 0.263. The number of aliphatic hydroxyl groups is 1. The normalized spacial score (nSPS) is 11.7. The van der Waals surface area contributed by atoms with Crippen molar-refractivity contribution in [2.45, 2.75) is 44.6 Å². The Morgan fingerprint density at radius 3 is 2.30 bits per heavy atom. The van der Waals surface area contributed by atoms with Gasteiger partial charge in [0.25, 0.3) is 0 Å². The van der Waals surface area contributed by atoms with E-state index in [0.717, 1.165) is 22.3 Å². The molecule has 0 spiro atoms. The molecule has 0 aliphatic heterocycles. The molecule has 0 heterocycles. The quantitative estimate of drug-likeness (QED) is 0.388. The van der Waals surface area contributed by atoms with Crippen LogP contribution >= 0.6 is 0 Å². The number of aryl methyl sites for hydroxylation is 2. The van der Waals surface area contributed by atoms with Crippen molar-refractivity contribution in [1.29, 1.82) is 0 Å². The highest BCUT2D eigenvalue weighted by Crippen LogP contribution is 2.21. The minimum atomic E-state index is -0.850. The summed E-state index contributed by atoms with van der Waals surface area (Å²) in [6, 6.07) is 25.0. The number of carboxylic acids is 1. The molecular formula is C28H30O5. The number of aliphatic carboxylic acids is 1. The molecular weight excluding hydrogens is 416 g/mol. The van der Waals surface area contributed by atoms with E-state index in [1.54, 1.807) is 6.07 Å². The number of aliphatic hydroxyl groups excluding tert-OH is 1. The Bertz CT molecular complexity index is 1040. The van der Waals surface area contributed by atoms with Crippen LogP contribution in [-0.4, -0.2) is 28.6 Å². The Morgan fingerprint density at radius 1 is 0.788 bits per heavy atom. The fourth-order valence-electron chi connectivity index (χ4n) is 3.69. The molecule has 0 saturated carbocycles. The van der Waals surface area contributed by atoms with Crippen molar-refractivity contribution in [1.82, 2.24) is 0 Å². The number of hydrogen-bond acceptors (Lipinski definition) is 4. The predicted molar refractivity (Wildman–Crippen MR) is 127 cm³/mol.